The van der Waals surface area contributed by atoms with Crippen molar-refractivity contribution in [3.63, 3.8) is 0 Å². The summed E-state index contributed by atoms with van der Waals surface area (Å²) >= 11 is 3.05. The molecule has 0 aliphatic carbocycles. The van der Waals surface area contributed by atoms with Crippen molar-refractivity contribution in [2.24, 2.45) is 0 Å². The first-order valence-electron chi connectivity index (χ1n) is 11.9. The van der Waals surface area contributed by atoms with Crippen LogP contribution in [0.1, 0.15) is 36.8 Å². The first-order chi connectivity index (χ1) is 18.2. The number of esters is 3. The Morgan fingerprint density at radius 2 is 1.16 bits per heavy atom. The first-order valence-corrected chi connectivity index (χ1v) is 13.0. The minimum Gasteiger partial charge on any atom is -0.508 e. The number of halogens is 1. The molecule has 0 heterocycles. The van der Waals surface area contributed by atoms with Gasteiger partial charge in [0, 0.05) is 0 Å². The lowest BCUT2D eigenvalue weighted by Crippen LogP contribution is -2.10. The molecule has 2 unspecified atom stereocenters. The maximum absolute atomic E-state index is 11.6. The molecule has 0 aliphatic rings. The van der Waals surface area contributed by atoms with Crippen molar-refractivity contribution in [3.8, 4) is 11.5 Å². The van der Waals surface area contributed by atoms with Crippen molar-refractivity contribution in [3.05, 3.63) is 83.9 Å². The predicted molar refractivity (Wildman–Crippen MR) is 150 cm³/mol. The Hall–Kier alpha value is -3.91. The lowest BCUT2D eigenvalue weighted by molar-refractivity contribution is -0.142. The number of methoxy groups -OCH3 is 2. The van der Waals surface area contributed by atoms with Gasteiger partial charge >= 0.3 is 17.9 Å². The van der Waals surface area contributed by atoms with Crippen LogP contribution in [0.4, 0.5) is 0 Å². The number of phenolic OH excluding ortho intramolecular Hbond substituents is 1. The predicted octanol–water partition coefficient (Wildman–Crippen LogP) is 6.24. The fourth-order valence-electron chi connectivity index (χ4n) is 3.88. The van der Waals surface area contributed by atoms with Gasteiger partial charge in [0.15, 0.2) is 0 Å². The SMILES string of the molecule is COC(=O)C(C)c1ccc2cc(O)ccc2c1.COC(=O)C(C)c1ccc2cc(OC(=O)CBr)ccc2c1. The van der Waals surface area contributed by atoms with Gasteiger partial charge in [-0.1, -0.05) is 64.5 Å². The minimum absolute atomic E-state index is 0.153. The Kier molecular flexibility index (Phi) is 9.85. The van der Waals surface area contributed by atoms with E-state index < -0.39 is 0 Å². The topological polar surface area (TPSA) is 99.1 Å². The van der Waals surface area contributed by atoms with E-state index in [4.69, 9.17) is 14.2 Å². The summed E-state index contributed by atoms with van der Waals surface area (Å²) in [6.07, 6.45) is 0. The smallest absolute Gasteiger partial charge is 0.321 e. The van der Waals surface area contributed by atoms with Crippen LogP contribution in [0.5, 0.6) is 11.5 Å². The maximum atomic E-state index is 11.6. The van der Waals surface area contributed by atoms with Crippen LogP contribution in [0, 0.1) is 0 Å². The van der Waals surface area contributed by atoms with Crippen LogP contribution in [0.2, 0.25) is 0 Å². The van der Waals surface area contributed by atoms with Crippen molar-refractivity contribution < 1.29 is 33.7 Å². The summed E-state index contributed by atoms with van der Waals surface area (Å²) in [5, 5.41) is 13.4. The number of benzene rings is 4. The zero-order valence-corrected chi connectivity index (χ0v) is 23.2. The molecule has 2 atom stereocenters. The number of fused-ring (bicyclic) bond motifs is 2. The molecule has 0 bridgehead atoms. The van der Waals surface area contributed by atoms with Crippen LogP contribution in [0.3, 0.4) is 0 Å². The van der Waals surface area contributed by atoms with Gasteiger partial charge in [0.25, 0.3) is 0 Å². The Labute approximate surface area is 229 Å². The van der Waals surface area contributed by atoms with Crippen LogP contribution in [-0.4, -0.2) is 42.6 Å². The summed E-state index contributed by atoms with van der Waals surface area (Å²) in [6.45, 7) is 3.62. The molecule has 0 saturated carbocycles. The van der Waals surface area contributed by atoms with E-state index in [0.717, 1.165) is 32.7 Å². The van der Waals surface area contributed by atoms with Crippen molar-refractivity contribution in [2.45, 2.75) is 25.7 Å². The molecule has 4 rings (SSSR count). The van der Waals surface area contributed by atoms with Crippen molar-refractivity contribution >= 4 is 55.4 Å². The average molecular weight is 581 g/mol. The number of hydrogen-bond acceptors (Lipinski definition) is 7. The summed E-state index contributed by atoms with van der Waals surface area (Å²) in [5.74, 6) is -0.707. The van der Waals surface area contributed by atoms with E-state index in [1.54, 1.807) is 31.2 Å². The molecule has 0 amide bonds. The highest BCUT2D eigenvalue weighted by molar-refractivity contribution is 9.09. The molecule has 7 nitrogen and oxygen atoms in total. The summed E-state index contributed by atoms with van der Waals surface area (Å²) < 4.78 is 14.6. The van der Waals surface area contributed by atoms with Gasteiger partial charge in [-0.2, -0.15) is 0 Å². The van der Waals surface area contributed by atoms with Gasteiger partial charge in [-0.25, -0.2) is 0 Å². The second kappa shape index (κ2) is 13.1. The highest BCUT2D eigenvalue weighted by Crippen LogP contribution is 2.27. The quantitative estimate of drug-likeness (QED) is 0.164. The highest BCUT2D eigenvalue weighted by Gasteiger charge is 2.16. The minimum atomic E-state index is -0.342. The normalized spacial score (nSPS) is 12.1. The van der Waals surface area contributed by atoms with Crippen LogP contribution in [-0.2, 0) is 23.9 Å². The third-order valence-corrected chi connectivity index (χ3v) is 6.59. The van der Waals surface area contributed by atoms with Crippen LogP contribution < -0.4 is 4.74 Å². The van der Waals surface area contributed by atoms with Gasteiger partial charge < -0.3 is 19.3 Å². The Bertz CT molecular complexity index is 1460. The van der Waals surface area contributed by atoms with Gasteiger partial charge in [-0.15, -0.1) is 0 Å². The highest BCUT2D eigenvalue weighted by atomic mass is 79.9. The van der Waals surface area contributed by atoms with Crippen molar-refractivity contribution in [2.75, 3.05) is 19.5 Å². The zero-order valence-electron chi connectivity index (χ0n) is 21.6. The number of carbonyl (C=O) groups is 3. The average Bonchev–Trinajstić information content (AvgIpc) is 2.95. The van der Waals surface area contributed by atoms with Crippen LogP contribution >= 0.6 is 15.9 Å². The van der Waals surface area contributed by atoms with E-state index in [9.17, 15) is 19.5 Å². The first kappa shape index (κ1) is 28.7. The van der Waals surface area contributed by atoms with Gasteiger partial charge in [0.2, 0.25) is 0 Å². The summed E-state index contributed by atoms with van der Waals surface area (Å²) in [7, 11) is 2.77. The molecule has 0 aliphatic heterocycles. The summed E-state index contributed by atoms with van der Waals surface area (Å²) in [5.41, 5.74) is 1.80. The third kappa shape index (κ3) is 7.10. The molecule has 4 aromatic carbocycles. The molecule has 198 valence electrons. The van der Waals surface area contributed by atoms with E-state index in [2.05, 4.69) is 15.9 Å². The third-order valence-electron chi connectivity index (χ3n) is 6.13. The van der Waals surface area contributed by atoms with E-state index >= 15 is 0 Å². The van der Waals surface area contributed by atoms with Gasteiger partial charge in [-0.05, 0) is 70.8 Å². The number of aromatic hydroxyl groups is 1. The number of hydrogen-bond donors (Lipinski definition) is 1. The largest absolute Gasteiger partial charge is 0.508 e. The van der Waals surface area contributed by atoms with E-state index in [1.807, 2.05) is 55.5 Å². The Balaban J connectivity index is 0.000000215. The number of phenols is 1. The monoisotopic (exact) mass is 580 g/mol. The molecule has 0 fully saturated rings. The number of ether oxygens (including phenoxy) is 3. The zero-order chi connectivity index (χ0) is 27.8. The standard InChI is InChI=1S/C16H15BrO4.C14H14O3/c1-10(16(19)20-2)11-3-4-13-8-14(21-15(18)9-17)6-5-12(13)7-11;1-9(14(16)17-2)10-3-4-12-8-13(15)6-5-11(12)7-10/h3-8,10H,9H2,1-2H3;3-9,15H,1-2H3. The van der Waals surface area contributed by atoms with Gasteiger partial charge in [0.05, 0.1) is 26.1 Å². The molecule has 38 heavy (non-hydrogen) atoms. The molecule has 0 spiro atoms. The Morgan fingerprint density at radius 3 is 1.66 bits per heavy atom. The maximum Gasteiger partial charge on any atom is 0.321 e. The molecule has 4 aromatic rings. The second-order valence-electron chi connectivity index (χ2n) is 8.66. The summed E-state index contributed by atoms with van der Waals surface area (Å²) in [4.78, 5) is 34.3. The van der Waals surface area contributed by atoms with Crippen LogP contribution in [0.15, 0.2) is 72.8 Å². The van der Waals surface area contributed by atoms with E-state index in [-0.39, 0.29) is 40.8 Å². The van der Waals surface area contributed by atoms with Crippen molar-refractivity contribution in [1.29, 1.82) is 0 Å². The van der Waals surface area contributed by atoms with Crippen LogP contribution in [0.25, 0.3) is 21.5 Å². The fraction of sp³-hybridized carbons (Fsp3) is 0.233. The number of carbonyl (C=O) groups excluding carboxylic acids is 3. The molecule has 0 aromatic heterocycles. The second-order valence-corrected chi connectivity index (χ2v) is 9.22. The molecular weight excluding hydrogens is 552 g/mol. The van der Waals surface area contributed by atoms with E-state index in [0.29, 0.717) is 5.75 Å². The summed E-state index contributed by atoms with van der Waals surface area (Å²) in [6, 6.07) is 22.0. The molecule has 1 N–H and O–H groups in total. The number of alkyl halides is 1. The molecule has 8 heteroatoms. The van der Waals surface area contributed by atoms with Crippen molar-refractivity contribution in [1.82, 2.24) is 0 Å². The lowest BCUT2D eigenvalue weighted by atomic mass is 9.98. The molecule has 0 radical (unpaired) electrons. The Morgan fingerprint density at radius 1 is 0.711 bits per heavy atom. The van der Waals surface area contributed by atoms with E-state index in [1.165, 1.54) is 14.2 Å². The molecular formula is C30H29BrO7. The van der Waals surface area contributed by atoms with Gasteiger partial charge in [-0.3, -0.25) is 14.4 Å². The molecule has 0 saturated heterocycles. The lowest BCUT2D eigenvalue weighted by Gasteiger charge is -2.11. The number of rotatable bonds is 6. The fourth-order valence-corrected chi connectivity index (χ4v) is 3.99. The van der Waals surface area contributed by atoms with Gasteiger partial charge in [0.1, 0.15) is 16.8 Å².